The molecule has 162 valence electrons. The molecule has 1 aromatic heterocycles. The van der Waals surface area contributed by atoms with Crippen molar-refractivity contribution in [3.05, 3.63) is 108 Å². The van der Waals surface area contributed by atoms with Gasteiger partial charge in [-0.1, -0.05) is 60.7 Å². The Morgan fingerprint density at radius 1 is 0.939 bits per heavy atom. The van der Waals surface area contributed by atoms with Crippen molar-refractivity contribution >= 4 is 17.4 Å². The summed E-state index contributed by atoms with van der Waals surface area (Å²) in [5.74, 6) is 0.654. The number of hydrogen-bond acceptors (Lipinski definition) is 5. The zero-order valence-corrected chi connectivity index (χ0v) is 17.9. The standard InChI is InChI=1S/C26H21N5O2/c1-33-19-11-7-10-18(14-19)29-26(32)31-25-22-15-27-16-28-24(22)21-13-6-5-12-20(21)23(30-25)17-8-3-2-4-9-17/h2-16,25H,1H3,(H2,29,31,32). The average Bonchev–Trinajstić information content (AvgIpc) is 3.00. The number of benzene rings is 3. The molecule has 0 saturated carbocycles. The first kappa shape index (κ1) is 20.4. The van der Waals surface area contributed by atoms with Crippen molar-refractivity contribution in [1.29, 1.82) is 0 Å². The lowest BCUT2D eigenvalue weighted by molar-refractivity contribution is 0.249. The van der Waals surface area contributed by atoms with Gasteiger partial charge in [0.25, 0.3) is 0 Å². The second kappa shape index (κ2) is 8.92. The van der Waals surface area contributed by atoms with E-state index in [1.54, 1.807) is 25.4 Å². The third-order valence-electron chi connectivity index (χ3n) is 5.37. The van der Waals surface area contributed by atoms with Crippen molar-refractivity contribution in [2.45, 2.75) is 6.17 Å². The Morgan fingerprint density at radius 2 is 1.73 bits per heavy atom. The first-order valence-corrected chi connectivity index (χ1v) is 10.5. The molecule has 1 aliphatic heterocycles. The second-order valence-corrected chi connectivity index (χ2v) is 7.45. The molecule has 5 rings (SSSR count). The number of fused-ring (bicyclic) bond motifs is 3. The van der Waals surface area contributed by atoms with E-state index in [4.69, 9.17) is 9.73 Å². The number of ether oxygens (including phenoxy) is 1. The molecule has 1 atom stereocenters. The monoisotopic (exact) mass is 435 g/mol. The minimum Gasteiger partial charge on any atom is -0.497 e. The van der Waals surface area contributed by atoms with Crippen LogP contribution in [0.15, 0.2) is 96.4 Å². The normalized spacial score (nSPS) is 14.2. The molecule has 0 radical (unpaired) electrons. The summed E-state index contributed by atoms with van der Waals surface area (Å²) in [6.45, 7) is 0. The maximum absolute atomic E-state index is 12.9. The minimum absolute atomic E-state index is 0.398. The molecule has 0 aliphatic carbocycles. The quantitative estimate of drug-likeness (QED) is 0.481. The van der Waals surface area contributed by atoms with E-state index in [0.717, 1.165) is 33.7 Å². The van der Waals surface area contributed by atoms with Gasteiger partial charge in [0.05, 0.1) is 18.5 Å². The zero-order valence-electron chi connectivity index (χ0n) is 17.9. The van der Waals surface area contributed by atoms with Crippen LogP contribution in [0.2, 0.25) is 0 Å². The van der Waals surface area contributed by atoms with Gasteiger partial charge in [0.15, 0.2) is 6.17 Å². The summed E-state index contributed by atoms with van der Waals surface area (Å²) >= 11 is 0. The van der Waals surface area contributed by atoms with E-state index in [0.29, 0.717) is 11.4 Å². The number of methoxy groups -OCH3 is 1. The lowest BCUT2D eigenvalue weighted by atomic mass is 9.95. The summed E-state index contributed by atoms with van der Waals surface area (Å²) in [4.78, 5) is 26.7. The molecular weight excluding hydrogens is 414 g/mol. The number of carbonyl (C=O) groups excluding carboxylic acids is 1. The Balaban J connectivity index is 1.56. The minimum atomic E-state index is -0.686. The second-order valence-electron chi connectivity index (χ2n) is 7.45. The highest BCUT2D eigenvalue weighted by atomic mass is 16.5. The fraction of sp³-hybridized carbons (Fsp3) is 0.0769. The molecule has 0 spiro atoms. The predicted molar refractivity (Wildman–Crippen MR) is 127 cm³/mol. The molecule has 2 N–H and O–H groups in total. The molecule has 3 aromatic carbocycles. The molecule has 0 saturated heterocycles. The van der Waals surface area contributed by atoms with E-state index in [2.05, 4.69) is 20.6 Å². The Morgan fingerprint density at radius 3 is 2.55 bits per heavy atom. The van der Waals surface area contributed by atoms with Gasteiger partial charge in [0.2, 0.25) is 0 Å². The Bertz CT molecular complexity index is 1340. The maximum atomic E-state index is 12.9. The van der Waals surface area contributed by atoms with E-state index in [-0.39, 0.29) is 0 Å². The van der Waals surface area contributed by atoms with Crippen molar-refractivity contribution in [2.75, 3.05) is 12.4 Å². The van der Waals surface area contributed by atoms with Gasteiger partial charge in [-0.3, -0.25) is 4.99 Å². The molecule has 7 nitrogen and oxygen atoms in total. The molecule has 1 unspecified atom stereocenters. The Kier molecular flexibility index (Phi) is 5.51. The van der Waals surface area contributed by atoms with E-state index < -0.39 is 12.2 Å². The van der Waals surface area contributed by atoms with Crippen molar-refractivity contribution in [2.24, 2.45) is 4.99 Å². The lowest BCUT2D eigenvalue weighted by Crippen LogP contribution is -2.32. The molecule has 2 heterocycles. The van der Waals surface area contributed by atoms with Crippen LogP contribution in [-0.2, 0) is 0 Å². The number of aromatic nitrogens is 2. The molecular formula is C26H21N5O2. The number of rotatable bonds is 4. The first-order valence-electron chi connectivity index (χ1n) is 10.5. The van der Waals surface area contributed by atoms with Crippen LogP contribution in [0.3, 0.4) is 0 Å². The highest BCUT2D eigenvalue weighted by molar-refractivity contribution is 6.17. The van der Waals surface area contributed by atoms with Gasteiger partial charge in [-0.15, -0.1) is 0 Å². The van der Waals surface area contributed by atoms with Crippen LogP contribution >= 0.6 is 0 Å². The molecule has 4 aromatic rings. The summed E-state index contributed by atoms with van der Waals surface area (Å²) in [6, 6.07) is 24.7. The van der Waals surface area contributed by atoms with Gasteiger partial charge < -0.3 is 15.4 Å². The highest BCUT2D eigenvalue weighted by Crippen LogP contribution is 2.34. The van der Waals surface area contributed by atoms with E-state index >= 15 is 0 Å². The Labute approximate surface area is 191 Å². The molecule has 33 heavy (non-hydrogen) atoms. The molecule has 7 heteroatoms. The van der Waals surface area contributed by atoms with Crippen LogP contribution in [0.5, 0.6) is 5.75 Å². The van der Waals surface area contributed by atoms with Crippen molar-refractivity contribution < 1.29 is 9.53 Å². The molecule has 2 amide bonds. The van der Waals surface area contributed by atoms with Gasteiger partial charge in [-0.2, -0.15) is 0 Å². The fourth-order valence-electron chi connectivity index (χ4n) is 3.86. The number of urea groups is 1. The van der Waals surface area contributed by atoms with E-state index in [1.807, 2.05) is 66.7 Å². The SMILES string of the molecule is COc1cccc(NC(=O)NC2N=C(c3ccccc3)c3ccccc3-c3ncncc32)c1. The topological polar surface area (TPSA) is 88.5 Å². The number of aliphatic imine (C=N–C) groups is 1. The van der Waals surface area contributed by atoms with Crippen LogP contribution in [0.25, 0.3) is 11.3 Å². The van der Waals surface area contributed by atoms with Crippen LogP contribution in [0, 0.1) is 0 Å². The molecule has 1 aliphatic rings. The average molecular weight is 435 g/mol. The molecule has 0 fully saturated rings. The summed E-state index contributed by atoms with van der Waals surface area (Å²) in [7, 11) is 1.58. The van der Waals surface area contributed by atoms with Crippen LogP contribution in [-0.4, -0.2) is 28.8 Å². The number of nitrogens with zero attached hydrogens (tertiary/aromatic N) is 3. The number of hydrogen-bond donors (Lipinski definition) is 2. The van der Waals surface area contributed by atoms with Crippen LogP contribution < -0.4 is 15.4 Å². The van der Waals surface area contributed by atoms with Crippen molar-refractivity contribution in [3.63, 3.8) is 0 Å². The zero-order chi connectivity index (χ0) is 22.6. The third-order valence-corrected chi connectivity index (χ3v) is 5.37. The largest absolute Gasteiger partial charge is 0.497 e. The van der Waals surface area contributed by atoms with Gasteiger partial charge in [0.1, 0.15) is 12.1 Å². The van der Waals surface area contributed by atoms with Crippen LogP contribution in [0.1, 0.15) is 22.9 Å². The number of carbonyl (C=O) groups is 1. The predicted octanol–water partition coefficient (Wildman–Crippen LogP) is 4.82. The fourth-order valence-corrected chi connectivity index (χ4v) is 3.86. The van der Waals surface area contributed by atoms with Crippen molar-refractivity contribution in [3.8, 4) is 17.0 Å². The summed E-state index contributed by atoms with van der Waals surface area (Å²) < 4.78 is 5.24. The smallest absolute Gasteiger partial charge is 0.321 e. The maximum Gasteiger partial charge on any atom is 0.321 e. The number of amides is 2. The van der Waals surface area contributed by atoms with Gasteiger partial charge in [-0.05, 0) is 12.1 Å². The van der Waals surface area contributed by atoms with E-state index in [9.17, 15) is 4.79 Å². The number of anilines is 1. The summed E-state index contributed by atoms with van der Waals surface area (Å²) in [5.41, 5.74) is 5.68. The summed E-state index contributed by atoms with van der Waals surface area (Å²) in [5, 5.41) is 5.83. The van der Waals surface area contributed by atoms with Gasteiger partial charge in [-0.25, -0.2) is 14.8 Å². The Hall–Kier alpha value is -4.52. The lowest BCUT2D eigenvalue weighted by Gasteiger charge is -2.17. The first-order chi connectivity index (χ1) is 16.2. The van der Waals surface area contributed by atoms with Gasteiger partial charge in [0, 0.05) is 40.2 Å². The third kappa shape index (κ3) is 4.16. The van der Waals surface area contributed by atoms with Gasteiger partial charge >= 0.3 is 6.03 Å². The molecule has 0 bridgehead atoms. The highest BCUT2D eigenvalue weighted by Gasteiger charge is 2.27. The summed E-state index contributed by atoms with van der Waals surface area (Å²) in [6.07, 6.45) is 2.53. The van der Waals surface area contributed by atoms with E-state index in [1.165, 1.54) is 6.33 Å². The van der Waals surface area contributed by atoms with Crippen LogP contribution in [0.4, 0.5) is 10.5 Å². The van der Waals surface area contributed by atoms with Crippen molar-refractivity contribution in [1.82, 2.24) is 15.3 Å². The number of nitrogens with one attached hydrogen (secondary N) is 2.